The molecule has 6 aromatic heterocycles. The molecule has 2 aromatic carbocycles. The third-order valence-electron chi connectivity index (χ3n) is 11.9. The average Bonchev–Trinajstić information content (AvgIpc) is 4.13. The van der Waals surface area contributed by atoms with E-state index in [9.17, 15) is 24.0 Å². The number of aromatic nitrogens is 8. The van der Waals surface area contributed by atoms with E-state index in [4.69, 9.17) is 46.2 Å². The number of aryl methyl sites for hydroxylation is 4. The van der Waals surface area contributed by atoms with Crippen molar-refractivity contribution < 1.29 is 47.0 Å². The van der Waals surface area contributed by atoms with E-state index in [0.717, 1.165) is 44.3 Å². The molecule has 0 spiro atoms. The molecule has 0 unspecified atom stereocenters. The number of pyridine rings is 4. The Morgan fingerprint density at radius 2 is 1.01 bits per heavy atom. The molecule has 0 aliphatic carbocycles. The second-order valence-corrected chi connectivity index (χ2v) is 21.8. The maximum atomic E-state index is 12.8. The van der Waals surface area contributed by atoms with Gasteiger partial charge in [-0.25, -0.2) is 19.6 Å². The zero-order valence-electron chi connectivity index (χ0n) is 47.4. The molecule has 83 heavy (non-hydrogen) atoms. The lowest BCUT2D eigenvalue weighted by Crippen LogP contribution is -2.28. The molecule has 22 nitrogen and oxygen atoms in total. The standard InChI is InChI=1S/C30H33ClN6O5.C28H29ClN6O5.CH4/c1-8-40-18(4)22-11-19(10-20-13-21(31)14-32-26(20)22)12-25-36-37-28(41-25)27(38)33-15-23-16(2)9-24(34-17(23)3)35-29(39)42-30(5,6)7;1-14-7-22(33-27(38)40-28(4,5)6)32-15(2)21(14)13-31-25(37)26-35-34-23(39-26)10-17-8-18-11-19(29)12-30-24(18)20(9-17)16(3)36;/h9-11,13-14H,4,8,12,15H2,1-3,5-7H3,(H,33,38)(H,34,35,39);7-9,11-12H,10,13H2,1-6H3,(H,31,37)(H,32,33,38);1H4. The number of anilines is 2. The molecule has 0 aliphatic heterocycles. The van der Waals surface area contributed by atoms with Gasteiger partial charge in [0.25, 0.3) is 0 Å². The van der Waals surface area contributed by atoms with E-state index in [-0.39, 0.29) is 62.7 Å². The van der Waals surface area contributed by atoms with Crippen LogP contribution >= 0.6 is 23.2 Å². The molecule has 0 saturated heterocycles. The maximum Gasteiger partial charge on any atom is 0.413 e. The zero-order chi connectivity index (χ0) is 59.8. The van der Waals surface area contributed by atoms with Crippen LogP contribution in [0.5, 0.6) is 0 Å². The molecule has 24 heteroatoms. The Bertz CT molecular complexity index is 3730. The lowest BCUT2D eigenvalue weighted by molar-refractivity contribution is 0.0624. The summed E-state index contributed by atoms with van der Waals surface area (Å²) >= 11 is 12.3. The summed E-state index contributed by atoms with van der Waals surface area (Å²) in [6.45, 7) is 26.1. The quantitative estimate of drug-likeness (QED) is 0.0516. The van der Waals surface area contributed by atoms with E-state index in [1.165, 1.54) is 13.1 Å². The summed E-state index contributed by atoms with van der Waals surface area (Å²) < 4.78 is 27.5. The molecular weight excluding hydrogens is 1110 g/mol. The van der Waals surface area contributed by atoms with Gasteiger partial charge in [-0.2, -0.15) is 0 Å². The van der Waals surface area contributed by atoms with Gasteiger partial charge >= 0.3 is 35.8 Å². The van der Waals surface area contributed by atoms with Crippen molar-refractivity contribution in [2.75, 3.05) is 17.2 Å². The summed E-state index contributed by atoms with van der Waals surface area (Å²) in [5.41, 5.74) is 7.23. The monoisotopic (exact) mass is 1170 g/mol. The SMILES string of the molecule is C.C=C(OCC)c1cc(Cc2nnc(C(=O)NCc3c(C)cc(NC(=O)OC(C)(C)C)nc3C)o2)cc2cc(Cl)cnc12.CC(=O)c1cc(Cc2nnc(C(=O)NCc3c(C)cc(NC(=O)OC(C)(C)C)nc3C)o2)cc2cc(Cl)cnc12. The number of rotatable bonds is 16. The lowest BCUT2D eigenvalue weighted by atomic mass is 10.0. The van der Waals surface area contributed by atoms with Crippen LogP contribution in [0.1, 0.15) is 157 Å². The molecule has 0 fully saturated rings. The van der Waals surface area contributed by atoms with Gasteiger partial charge in [0.2, 0.25) is 11.8 Å². The second kappa shape index (κ2) is 26.8. The van der Waals surface area contributed by atoms with Gasteiger partial charge in [0.15, 0.2) is 5.78 Å². The van der Waals surface area contributed by atoms with Crippen LogP contribution in [-0.4, -0.2) is 87.9 Å². The Morgan fingerprint density at radius 1 is 0.602 bits per heavy atom. The molecular formula is C59H66Cl2N12O10. The fraction of sp³-hybridized carbons (Fsp3) is 0.339. The Hall–Kier alpha value is -8.89. The van der Waals surface area contributed by atoms with Crippen molar-refractivity contribution in [3.63, 3.8) is 0 Å². The molecule has 0 saturated carbocycles. The number of amides is 4. The van der Waals surface area contributed by atoms with Crippen LogP contribution in [0.2, 0.25) is 10.0 Å². The Kier molecular flexibility index (Phi) is 20.4. The van der Waals surface area contributed by atoms with Gasteiger partial charge in [0.1, 0.15) is 28.6 Å². The minimum absolute atomic E-state index is 0. The van der Waals surface area contributed by atoms with Crippen LogP contribution in [0, 0.1) is 27.7 Å². The molecule has 4 N–H and O–H groups in total. The predicted molar refractivity (Wildman–Crippen MR) is 315 cm³/mol. The first-order valence-corrected chi connectivity index (χ1v) is 26.5. The number of hydrogen-bond donors (Lipinski definition) is 4. The van der Waals surface area contributed by atoms with Crippen LogP contribution in [0.3, 0.4) is 0 Å². The smallest absolute Gasteiger partial charge is 0.413 e. The van der Waals surface area contributed by atoms with Gasteiger partial charge in [0.05, 0.1) is 40.5 Å². The first-order chi connectivity index (χ1) is 38.6. The number of nitrogens with one attached hydrogen (secondary N) is 4. The van der Waals surface area contributed by atoms with Crippen molar-refractivity contribution in [1.82, 2.24) is 51.0 Å². The van der Waals surface area contributed by atoms with Crippen molar-refractivity contribution >= 4 is 92.2 Å². The minimum Gasteiger partial charge on any atom is -0.494 e. The number of ketones is 1. The number of halogens is 2. The van der Waals surface area contributed by atoms with E-state index in [0.29, 0.717) is 67.4 Å². The van der Waals surface area contributed by atoms with Gasteiger partial charge in [-0.15, -0.1) is 20.4 Å². The van der Waals surface area contributed by atoms with E-state index in [1.807, 2.05) is 45.0 Å². The number of carbonyl (C=O) groups is 5. The van der Waals surface area contributed by atoms with Crippen molar-refractivity contribution in [1.29, 1.82) is 0 Å². The highest BCUT2D eigenvalue weighted by Crippen LogP contribution is 2.29. The number of Topliss-reactive ketones (excluding diaryl/α,β-unsaturated/α-hetero) is 1. The molecule has 8 aromatic rings. The van der Waals surface area contributed by atoms with Gasteiger partial charge in [-0.3, -0.25) is 35.0 Å². The van der Waals surface area contributed by atoms with Crippen molar-refractivity contribution in [3.05, 3.63) is 157 Å². The summed E-state index contributed by atoms with van der Waals surface area (Å²) in [6, 6.07) is 14.3. The molecule has 6 heterocycles. The number of hydrogen-bond acceptors (Lipinski definition) is 18. The lowest BCUT2D eigenvalue weighted by Gasteiger charge is -2.20. The Labute approximate surface area is 489 Å². The van der Waals surface area contributed by atoms with Crippen LogP contribution in [0.25, 0.3) is 27.6 Å². The summed E-state index contributed by atoms with van der Waals surface area (Å²) in [6.07, 6.45) is 2.34. The van der Waals surface area contributed by atoms with Gasteiger partial charge in [-0.1, -0.05) is 37.2 Å². The molecule has 0 radical (unpaired) electrons. The molecule has 0 aliphatic rings. The predicted octanol–water partition coefficient (Wildman–Crippen LogP) is 12.1. The fourth-order valence-electron chi connectivity index (χ4n) is 8.37. The Morgan fingerprint density at radius 3 is 1.40 bits per heavy atom. The summed E-state index contributed by atoms with van der Waals surface area (Å²) in [7, 11) is 0. The van der Waals surface area contributed by atoms with Crippen molar-refractivity contribution in [3.8, 4) is 0 Å². The van der Waals surface area contributed by atoms with Gasteiger partial charge in [-0.05, 0) is 165 Å². The van der Waals surface area contributed by atoms with E-state index < -0.39 is 35.2 Å². The molecule has 4 amide bonds. The molecule has 436 valence electrons. The van der Waals surface area contributed by atoms with Crippen LogP contribution in [-0.2, 0) is 40.1 Å². The summed E-state index contributed by atoms with van der Waals surface area (Å²) in [5.74, 6) is 0.0841. The first-order valence-electron chi connectivity index (χ1n) is 25.8. The van der Waals surface area contributed by atoms with Crippen molar-refractivity contribution in [2.45, 2.75) is 128 Å². The Balaban J connectivity index is 0.000000264. The number of ether oxygens (including phenoxy) is 3. The molecule has 0 atom stereocenters. The number of benzene rings is 2. The third kappa shape index (κ3) is 17.3. The molecule has 8 rings (SSSR count). The van der Waals surface area contributed by atoms with Crippen LogP contribution in [0.4, 0.5) is 21.2 Å². The number of carbonyl (C=O) groups excluding carboxylic acids is 5. The van der Waals surface area contributed by atoms with Crippen LogP contribution < -0.4 is 21.3 Å². The number of fused-ring (bicyclic) bond motifs is 2. The maximum absolute atomic E-state index is 12.8. The van der Waals surface area contributed by atoms with Crippen molar-refractivity contribution in [2.24, 2.45) is 0 Å². The average molecular weight is 1170 g/mol. The zero-order valence-corrected chi connectivity index (χ0v) is 48.9. The van der Waals surface area contributed by atoms with E-state index in [1.54, 1.807) is 85.9 Å². The third-order valence-corrected chi connectivity index (χ3v) is 12.3. The van der Waals surface area contributed by atoms with E-state index in [2.05, 4.69) is 68.2 Å². The number of nitrogens with zero attached hydrogens (tertiary/aromatic N) is 8. The van der Waals surface area contributed by atoms with Gasteiger partial charge in [0, 0.05) is 58.8 Å². The summed E-state index contributed by atoms with van der Waals surface area (Å²) in [4.78, 5) is 79.5. The second-order valence-electron chi connectivity index (χ2n) is 20.9. The fourth-order valence-corrected chi connectivity index (χ4v) is 8.71. The minimum atomic E-state index is -0.633. The topological polar surface area (TPSA) is 291 Å². The highest BCUT2D eigenvalue weighted by atomic mass is 35.5. The van der Waals surface area contributed by atoms with Gasteiger partial charge < -0.3 is 33.7 Å². The van der Waals surface area contributed by atoms with Crippen LogP contribution in [0.15, 0.2) is 76.3 Å². The normalized spacial score (nSPS) is 11.2. The molecule has 0 bridgehead atoms. The highest BCUT2D eigenvalue weighted by Gasteiger charge is 2.23. The largest absolute Gasteiger partial charge is 0.494 e. The van der Waals surface area contributed by atoms with E-state index >= 15 is 0 Å². The first kappa shape index (κ1) is 63.3. The summed E-state index contributed by atoms with van der Waals surface area (Å²) in [5, 5.41) is 29.1. The highest BCUT2D eigenvalue weighted by molar-refractivity contribution is 6.31.